The number of piperidine rings is 1. The summed E-state index contributed by atoms with van der Waals surface area (Å²) in [5.74, 6) is 2.50. The van der Waals surface area contributed by atoms with Crippen LogP contribution >= 0.6 is 0 Å². The fourth-order valence-electron chi connectivity index (χ4n) is 5.30. The molecule has 1 atom stereocenters. The van der Waals surface area contributed by atoms with Gasteiger partial charge in [-0.05, 0) is 57.8 Å². The molecule has 0 spiro atoms. The lowest BCUT2D eigenvalue weighted by atomic mass is 10.00. The molecular weight excluding hydrogens is 406 g/mol. The predicted molar refractivity (Wildman–Crippen MR) is 119 cm³/mol. The molecule has 1 saturated carbocycles. The molecule has 4 heterocycles. The second kappa shape index (κ2) is 8.79. The van der Waals surface area contributed by atoms with E-state index in [9.17, 15) is 14.4 Å². The molecule has 4 aliphatic rings. The number of aryl methyl sites for hydroxylation is 1. The summed E-state index contributed by atoms with van der Waals surface area (Å²) >= 11 is 0. The van der Waals surface area contributed by atoms with Crippen molar-refractivity contribution in [1.29, 1.82) is 0 Å². The van der Waals surface area contributed by atoms with Gasteiger partial charge in [-0.15, -0.1) is 0 Å². The Morgan fingerprint density at radius 1 is 1.03 bits per heavy atom. The molecule has 1 aromatic heterocycles. The van der Waals surface area contributed by atoms with Gasteiger partial charge in [-0.1, -0.05) is 0 Å². The molecule has 0 N–H and O–H groups in total. The number of carbonyl (C=O) groups is 3. The van der Waals surface area contributed by atoms with E-state index in [1.807, 2.05) is 21.6 Å². The van der Waals surface area contributed by atoms with Crippen molar-refractivity contribution in [1.82, 2.24) is 19.8 Å². The SMILES string of the molecule is Cc1nc([C@H]2CCCCN2C(=O)CCCN2CCCC2=O)nc2c1CC(=O)N2CC1CC1. The molecule has 3 aliphatic heterocycles. The summed E-state index contributed by atoms with van der Waals surface area (Å²) < 4.78 is 0. The average Bonchev–Trinajstić information content (AvgIpc) is 3.44. The Morgan fingerprint density at radius 2 is 1.88 bits per heavy atom. The van der Waals surface area contributed by atoms with E-state index in [-0.39, 0.29) is 23.8 Å². The molecule has 2 saturated heterocycles. The van der Waals surface area contributed by atoms with E-state index in [0.29, 0.717) is 44.0 Å². The van der Waals surface area contributed by atoms with E-state index < -0.39 is 0 Å². The summed E-state index contributed by atoms with van der Waals surface area (Å²) in [6.45, 7) is 4.91. The van der Waals surface area contributed by atoms with Crippen LogP contribution in [0.1, 0.15) is 80.9 Å². The summed E-state index contributed by atoms with van der Waals surface area (Å²) in [4.78, 5) is 52.9. The van der Waals surface area contributed by atoms with Gasteiger partial charge in [-0.2, -0.15) is 0 Å². The lowest BCUT2D eigenvalue weighted by Crippen LogP contribution is -2.40. The van der Waals surface area contributed by atoms with E-state index >= 15 is 0 Å². The van der Waals surface area contributed by atoms with Crippen LogP contribution in [0, 0.1) is 12.8 Å². The van der Waals surface area contributed by atoms with Gasteiger partial charge in [0.15, 0.2) is 5.82 Å². The number of amides is 3. The summed E-state index contributed by atoms with van der Waals surface area (Å²) in [6, 6.07) is -0.132. The zero-order valence-electron chi connectivity index (χ0n) is 19.0. The van der Waals surface area contributed by atoms with Crippen molar-refractivity contribution in [2.24, 2.45) is 5.92 Å². The van der Waals surface area contributed by atoms with Crippen molar-refractivity contribution in [3.8, 4) is 0 Å². The number of likely N-dealkylation sites (tertiary alicyclic amines) is 2. The Morgan fingerprint density at radius 3 is 2.62 bits per heavy atom. The third kappa shape index (κ3) is 4.24. The first kappa shape index (κ1) is 21.3. The van der Waals surface area contributed by atoms with E-state index in [4.69, 9.17) is 9.97 Å². The average molecular weight is 440 g/mol. The Bertz CT molecular complexity index is 928. The molecule has 3 fully saturated rings. The summed E-state index contributed by atoms with van der Waals surface area (Å²) in [5, 5.41) is 0. The quantitative estimate of drug-likeness (QED) is 0.652. The Kier molecular flexibility index (Phi) is 5.86. The number of rotatable bonds is 7. The number of nitrogens with zero attached hydrogens (tertiary/aromatic N) is 5. The van der Waals surface area contributed by atoms with Crippen LogP contribution in [0.15, 0.2) is 0 Å². The van der Waals surface area contributed by atoms with Crippen molar-refractivity contribution in [2.75, 3.05) is 31.1 Å². The number of fused-ring (bicyclic) bond motifs is 1. The van der Waals surface area contributed by atoms with Crippen molar-refractivity contribution in [3.05, 3.63) is 17.1 Å². The molecule has 8 heteroatoms. The zero-order valence-corrected chi connectivity index (χ0v) is 19.0. The fraction of sp³-hybridized carbons (Fsp3) is 0.708. The number of carbonyl (C=O) groups excluding carboxylic acids is 3. The zero-order chi connectivity index (χ0) is 22.2. The smallest absolute Gasteiger partial charge is 0.232 e. The van der Waals surface area contributed by atoms with E-state index in [1.54, 1.807) is 0 Å². The van der Waals surface area contributed by atoms with Crippen molar-refractivity contribution in [3.63, 3.8) is 0 Å². The topological polar surface area (TPSA) is 86.7 Å². The van der Waals surface area contributed by atoms with E-state index in [0.717, 1.165) is 62.4 Å². The van der Waals surface area contributed by atoms with Crippen LogP contribution in [-0.2, 0) is 20.8 Å². The molecule has 1 aliphatic carbocycles. The predicted octanol–water partition coefficient (Wildman–Crippen LogP) is 2.54. The van der Waals surface area contributed by atoms with Gasteiger partial charge < -0.3 is 9.80 Å². The highest BCUT2D eigenvalue weighted by atomic mass is 16.2. The standard InChI is InChI=1S/C24H33N5O3/c1-16-18-14-22(32)29(15-17-9-10-17)24(18)26-23(25-16)19-6-2-3-13-28(19)21(31)8-5-12-27-11-4-7-20(27)30/h17,19H,2-15H2,1H3/t19-/m1/s1. The largest absolute Gasteiger partial charge is 0.343 e. The highest BCUT2D eigenvalue weighted by molar-refractivity contribution is 6.00. The highest BCUT2D eigenvalue weighted by Crippen LogP contribution is 2.37. The molecule has 172 valence electrons. The molecule has 3 amide bonds. The second-order valence-corrected chi connectivity index (χ2v) is 9.78. The highest BCUT2D eigenvalue weighted by Gasteiger charge is 2.37. The van der Waals surface area contributed by atoms with Gasteiger partial charge >= 0.3 is 0 Å². The second-order valence-electron chi connectivity index (χ2n) is 9.78. The van der Waals surface area contributed by atoms with Gasteiger partial charge in [0.25, 0.3) is 0 Å². The lowest BCUT2D eigenvalue weighted by molar-refractivity contribution is -0.136. The first-order valence-electron chi connectivity index (χ1n) is 12.3. The van der Waals surface area contributed by atoms with Crippen molar-refractivity contribution >= 4 is 23.5 Å². The number of aromatic nitrogens is 2. The molecule has 0 bridgehead atoms. The monoisotopic (exact) mass is 439 g/mol. The minimum absolute atomic E-state index is 0.119. The Balaban J connectivity index is 1.30. The maximum atomic E-state index is 13.1. The van der Waals surface area contributed by atoms with Crippen LogP contribution < -0.4 is 4.90 Å². The first-order chi connectivity index (χ1) is 15.5. The van der Waals surface area contributed by atoms with Gasteiger partial charge in [0.05, 0.1) is 12.5 Å². The lowest BCUT2D eigenvalue weighted by Gasteiger charge is -2.35. The van der Waals surface area contributed by atoms with Crippen molar-refractivity contribution in [2.45, 2.75) is 77.2 Å². The molecule has 0 aromatic carbocycles. The van der Waals surface area contributed by atoms with Crippen LogP contribution in [0.3, 0.4) is 0 Å². The van der Waals surface area contributed by atoms with Crippen LogP contribution in [0.4, 0.5) is 5.82 Å². The summed E-state index contributed by atoms with van der Waals surface area (Å²) in [7, 11) is 0. The number of hydrogen-bond acceptors (Lipinski definition) is 5. The van der Waals surface area contributed by atoms with Gasteiger partial charge in [-0.25, -0.2) is 9.97 Å². The molecule has 1 aromatic rings. The molecule has 32 heavy (non-hydrogen) atoms. The van der Waals surface area contributed by atoms with E-state index in [1.165, 1.54) is 12.8 Å². The Hall–Kier alpha value is -2.51. The van der Waals surface area contributed by atoms with Gasteiger partial charge in [0.1, 0.15) is 5.82 Å². The van der Waals surface area contributed by atoms with Gasteiger partial charge in [0, 0.05) is 50.3 Å². The first-order valence-corrected chi connectivity index (χ1v) is 12.3. The number of anilines is 1. The maximum absolute atomic E-state index is 13.1. The summed E-state index contributed by atoms with van der Waals surface area (Å²) in [5.41, 5.74) is 1.81. The van der Waals surface area contributed by atoms with Crippen LogP contribution in [0.25, 0.3) is 0 Å². The normalized spacial score (nSPS) is 23.3. The molecular formula is C24H33N5O3. The van der Waals surface area contributed by atoms with Crippen LogP contribution in [0.2, 0.25) is 0 Å². The van der Waals surface area contributed by atoms with Crippen LogP contribution in [0.5, 0.6) is 0 Å². The third-order valence-corrected chi connectivity index (χ3v) is 7.34. The molecule has 0 unspecified atom stereocenters. The molecule has 0 radical (unpaired) electrons. The van der Waals surface area contributed by atoms with Crippen LogP contribution in [-0.4, -0.2) is 63.7 Å². The minimum Gasteiger partial charge on any atom is -0.343 e. The molecule has 5 rings (SSSR count). The minimum atomic E-state index is -0.132. The van der Waals surface area contributed by atoms with Crippen molar-refractivity contribution < 1.29 is 14.4 Å². The van der Waals surface area contributed by atoms with Gasteiger partial charge in [-0.3, -0.25) is 19.3 Å². The summed E-state index contributed by atoms with van der Waals surface area (Å²) in [6.07, 6.45) is 8.34. The number of hydrogen-bond donors (Lipinski definition) is 0. The van der Waals surface area contributed by atoms with Gasteiger partial charge in [0.2, 0.25) is 17.7 Å². The maximum Gasteiger partial charge on any atom is 0.232 e. The molecule has 8 nitrogen and oxygen atoms in total. The third-order valence-electron chi connectivity index (χ3n) is 7.34. The fourth-order valence-corrected chi connectivity index (χ4v) is 5.30. The Labute approximate surface area is 189 Å². The van der Waals surface area contributed by atoms with E-state index in [2.05, 4.69) is 0 Å².